The molecule has 2 fully saturated rings. The summed E-state index contributed by atoms with van der Waals surface area (Å²) >= 11 is 0. The standard InChI is InChI=1S/C18H22N2O6/c1-11-8-20(9-15(26-11)18(23)24)16(21)10-25-14-4-2-3-13(7-14)19-17(22)12-5-6-12/h2-4,7,11-12,15H,5-6,8-10H2,1H3,(H,19,22)(H,23,24)/t11-,15?/m1/s1. The average molecular weight is 362 g/mol. The average Bonchev–Trinajstić information content (AvgIpc) is 3.44. The summed E-state index contributed by atoms with van der Waals surface area (Å²) < 4.78 is 10.8. The number of benzene rings is 1. The van der Waals surface area contributed by atoms with Gasteiger partial charge in [-0.25, -0.2) is 4.79 Å². The van der Waals surface area contributed by atoms with Crippen LogP contribution in [0.2, 0.25) is 0 Å². The lowest BCUT2D eigenvalue weighted by Crippen LogP contribution is -2.52. The molecular weight excluding hydrogens is 340 g/mol. The monoisotopic (exact) mass is 362 g/mol. The van der Waals surface area contributed by atoms with Gasteiger partial charge in [-0.2, -0.15) is 0 Å². The van der Waals surface area contributed by atoms with Gasteiger partial charge in [-0.1, -0.05) is 6.07 Å². The van der Waals surface area contributed by atoms with Gasteiger partial charge in [0.2, 0.25) is 5.91 Å². The highest BCUT2D eigenvalue weighted by atomic mass is 16.5. The van der Waals surface area contributed by atoms with Crippen LogP contribution in [0, 0.1) is 5.92 Å². The number of carboxylic acid groups (broad SMARTS) is 1. The fourth-order valence-corrected chi connectivity index (χ4v) is 2.78. The van der Waals surface area contributed by atoms with Crippen molar-refractivity contribution in [2.75, 3.05) is 25.0 Å². The maximum absolute atomic E-state index is 12.3. The summed E-state index contributed by atoms with van der Waals surface area (Å²) in [5.74, 6) is -0.830. The molecule has 2 N–H and O–H groups in total. The van der Waals surface area contributed by atoms with Crippen LogP contribution in [0.25, 0.3) is 0 Å². The van der Waals surface area contributed by atoms with E-state index in [4.69, 9.17) is 14.6 Å². The smallest absolute Gasteiger partial charge is 0.334 e. The lowest BCUT2D eigenvalue weighted by molar-refractivity contribution is -0.167. The van der Waals surface area contributed by atoms with E-state index in [9.17, 15) is 14.4 Å². The molecule has 1 heterocycles. The summed E-state index contributed by atoms with van der Waals surface area (Å²) in [5, 5.41) is 11.9. The number of anilines is 1. The van der Waals surface area contributed by atoms with Crippen LogP contribution < -0.4 is 10.1 Å². The van der Waals surface area contributed by atoms with E-state index in [0.717, 1.165) is 12.8 Å². The minimum atomic E-state index is -1.09. The highest BCUT2D eigenvalue weighted by molar-refractivity contribution is 5.94. The largest absolute Gasteiger partial charge is 0.484 e. The minimum absolute atomic E-state index is 0.000225. The molecule has 2 aliphatic rings. The van der Waals surface area contributed by atoms with Crippen molar-refractivity contribution in [2.24, 2.45) is 5.92 Å². The second-order valence-corrected chi connectivity index (χ2v) is 6.65. The maximum atomic E-state index is 12.3. The molecule has 0 radical (unpaired) electrons. The third-order valence-electron chi connectivity index (χ3n) is 4.30. The highest BCUT2D eigenvalue weighted by Gasteiger charge is 2.32. The number of nitrogens with one attached hydrogen (secondary N) is 1. The van der Waals surface area contributed by atoms with Crippen LogP contribution in [-0.2, 0) is 19.1 Å². The first kappa shape index (κ1) is 18.2. The van der Waals surface area contributed by atoms with Crippen molar-refractivity contribution in [1.82, 2.24) is 4.90 Å². The number of carboxylic acids is 1. The summed E-state index contributed by atoms with van der Waals surface area (Å²) in [7, 11) is 0. The molecule has 1 aromatic rings. The molecule has 1 saturated heterocycles. The van der Waals surface area contributed by atoms with Crippen LogP contribution in [0.1, 0.15) is 19.8 Å². The van der Waals surface area contributed by atoms with Gasteiger partial charge in [0.1, 0.15) is 5.75 Å². The van der Waals surface area contributed by atoms with Gasteiger partial charge < -0.3 is 24.8 Å². The Morgan fingerprint density at radius 3 is 2.77 bits per heavy atom. The number of hydrogen-bond acceptors (Lipinski definition) is 5. The van der Waals surface area contributed by atoms with Crippen LogP contribution in [0.5, 0.6) is 5.75 Å². The lowest BCUT2D eigenvalue weighted by Gasteiger charge is -2.34. The van der Waals surface area contributed by atoms with Crippen LogP contribution in [0.15, 0.2) is 24.3 Å². The van der Waals surface area contributed by atoms with Crippen molar-refractivity contribution in [3.8, 4) is 5.75 Å². The Morgan fingerprint density at radius 1 is 1.31 bits per heavy atom. The van der Waals surface area contributed by atoms with Gasteiger partial charge in [0.25, 0.3) is 5.91 Å². The van der Waals surface area contributed by atoms with E-state index in [1.54, 1.807) is 31.2 Å². The van der Waals surface area contributed by atoms with E-state index in [-0.39, 0.29) is 37.0 Å². The van der Waals surface area contributed by atoms with Crippen molar-refractivity contribution in [2.45, 2.75) is 32.0 Å². The Hall–Kier alpha value is -2.61. The molecule has 1 aromatic carbocycles. The van der Waals surface area contributed by atoms with Crippen LogP contribution in [0.3, 0.4) is 0 Å². The molecule has 2 atom stereocenters. The Balaban J connectivity index is 1.53. The minimum Gasteiger partial charge on any atom is -0.484 e. The Bertz CT molecular complexity index is 703. The van der Waals surface area contributed by atoms with Gasteiger partial charge in [-0.3, -0.25) is 9.59 Å². The van der Waals surface area contributed by atoms with Gasteiger partial charge in [0.05, 0.1) is 12.6 Å². The molecule has 0 spiro atoms. The summed E-state index contributed by atoms with van der Waals surface area (Å²) in [6.45, 7) is 1.84. The van der Waals surface area contributed by atoms with Gasteiger partial charge in [0, 0.05) is 24.2 Å². The first-order chi connectivity index (χ1) is 12.4. The second kappa shape index (κ2) is 7.74. The molecule has 3 rings (SSSR count). The third-order valence-corrected chi connectivity index (χ3v) is 4.30. The number of hydrogen-bond donors (Lipinski definition) is 2. The first-order valence-corrected chi connectivity index (χ1v) is 8.62. The third kappa shape index (κ3) is 4.72. The van der Waals surface area contributed by atoms with Crippen LogP contribution in [-0.4, -0.2) is 59.7 Å². The predicted molar refractivity (Wildman–Crippen MR) is 91.8 cm³/mol. The Morgan fingerprint density at radius 2 is 2.08 bits per heavy atom. The number of morpholine rings is 1. The number of rotatable bonds is 6. The van der Waals surface area contributed by atoms with E-state index in [0.29, 0.717) is 18.0 Å². The molecule has 1 saturated carbocycles. The molecule has 8 nitrogen and oxygen atoms in total. The number of ether oxygens (including phenoxy) is 2. The molecular formula is C18H22N2O6. The van der Waals surface area contributed by atoms with Crippen molar-refractivity contribution in [3.63, 3.8) is 0 Å². The molecule has 26 heavy (non-hydrogen) atoms. The predicted octanol–water partition coefficient (Wildman–Crippen LogP) is 1.11. The highest BCUT2D eigenvalue weighted by Crippen LogP contribution is 2.30. The lowest BCUT2D eigenvalue weighted by atomic mass is 10.2. The van der Waals surface area contributed by atoms with Gasteiger partial charge in [0.15, 0.2) is 12.7 Å². The molecule has 1 aliphatic carbocycles. The zero-order valence-electron chi connectivity index (χ0n) is 14.5. The SMILES string of the molecule is C[C@@H]1CN(C(=O)COc2cccc(NC(=O)C3CC3)c2)CC(C(=O)O)O1. The van der Waals surface area contributed by atoms with Gasteiger partial charge >= 0.3 is 5.97 Å². The van der Waals surface area contributed by atoms with E-state index < -0.39 is 12.1 Å². The van der Waals surface area contributed by atoms with Crippen molar-refractivity contribution in [1.29, 1.82) is 0 Å². The molecule has 0 aromatic heterocycles. The Labute approximate surface area is 151 Å². The molecule has 1 unspecified atom stereocenters. The number of carbonyl (C=O) groups excluding carboxylic acids is 2. The van der Waals surface area contributed by atoms with E-state index in [1.165, 1.54) is 4.90 Å². The van der Waals surface area contributed by atoms with E-state index in [1.807, 2.05) is 0 Å². The fraction of sp³-hybridized carbons (Fsp3) is 0.500. The van der Waals surface area contributed by atoms with Crippen LogP contribution >= 0.6 is 0 Å². The molecule has 1 aliphatic heterocycles. The van der Waals surface area contributed by atoms with Gasteiger partial charge in [-0.15, -0.1) is 0 Å². The number of amides is 2. The summed E-state index contributed by atoms with van der Waals surface area (Å²) in [5.41, 5.74) is 0.623. The zero-order valence-corrected chi connectivity index (χ0v) is 14.5. The summed E-state index contributed by atoms with van der Waals surface area (Å²) in [6, 6.07) is 6.85. The van der Waals surface area contributed by atoms with Crippen LogP contribution in [0.4, 0.5) is 5.69 Å². The maximum Gasteiger partial charge on any atom is 0.334 e. The first-order valence-electron chi connectivity index (χ1n) is 8.62. The van der Waals surface area contributed by atoms with Crippen molar-refractivity contribution >= 4 is 23.5 Å². The molecule has 140 valence electrons. The zero-order chi connectivity index (χ0) is 18.7. The van der Waals surface area contributed by atoms with Crippen molar-refractivity contribution in [3.05, 3.63) is 24.3 Å². The summed E-state index contributed by atoms with van der Waals surface area (Å²) in [4.78, 5) is 36.7. The quantitative estimate of drug-likeness (QED) is 0.786. The molecule has 0 bridgehead atoms. The number of nitrogens with zero attached hydrogens (tertiary/aromatic N) is 1. The second-order valence-electron chi connectivity index (χ2n) is 6.65. The van der Waals surface area contributed by atoms with Gasteiger partial charge in [-0.05, 0) is 31.9 Å². The summed E-state index contributed by atoms with van der Waals surface area (Å²) in [6.07, 6.45) is 0.468. The van der Waals surface area contributed by atoms with Crippen molar-refractivity contribution < 1.29 is 29.0 Å². The normalized spacial score (nSPS) is 22.6. The fourth-order valence-electron chi connectivity index (χ4n) is 2.78. The number of aliphatic carboxylic acids is 1. The number of carbonyl (C=O) groups is 3. The Kier molecular flexibility index (Phi) is 5.41. The topological polar surface area (TPSA) is 105 Å². The van der Waals surface area contributed by atoms with E-state index >= 15 is 0 Å². The molecule has 2 amide bonds. The molecule has 8 heteroatoms. The van der Waals surface area contributed by atoms with E-state index in [2.05, 4.69) is 5.32 Å².